The van der Waals surface area contributed by atoms with E-state index in [4.69, 9.17) is 0 Å². The molecule has 162 valence electrons. The third-order valence-electron chi connectivity index (χ3n) is 5.96. The van der Waals surface area contributed by atoms with Gasteiger partial charge in [-0.15, -0.1) is 11.3 Å². The lowest BCUT2D eigenvalue weighted by Crippen LogP contribution is -2.37. The molecule has 0 unspecified atom stereocenters. The second-order valence-corrected chi connectivity index (χ2v) is 8.93. The van der Waals surface area contributed by atoms with Crippen LogP contribution in [0.1, 0.15) is 48.1 Å². The number of amides is 2. The Bertz CT molecular complexity index is 1310. The van der Waals surface area contributed by atoms with Crippen molar-refractivity contribution in [1.82, 2.24) is 24.6 Å². The van der Waals surface area contributed by atoms with Gasteiger partial charge in [0, 0.05) is 43.9 Å². The highest BCUT2D eigenvalue weighted by molar-refractivity contribution is 7.12. The van der Waals surface area contributed by atoms with Gasteiger partial charge in [-0.05, 0) is 66.1 Å². The highest BCUT2D eigenvalue weighted by Crippen LogP contribution is 2.25. The van der Waals surface area contributed by atoms with Gasteiger partial charge < -0.3 is 14.6 Å². The Balaban J connectivity index is 1.34. The van der Waals surface area contributed by atoms with Crippen molar-refractivity contribution in [3.8, 4) is 0 Å². The van der Waals surface area contributed by atoms with E-state index in [1.54, 1.807) is 6.20 Å². The molecule has 8 heteroatoms. The van der Waals surface area contributed by atoms with E-state index in [0.717, 1.165) is 39.3 Å². The zero-order valence-corrected chi connectivity index (χ0v) is 18.8. The molecule has 0 fully saturated rings. The zero-order valence-electron chi connectivity index (χ0n) is 18.0. The minimum absolute atomic E-state index is 0.0611. The highest BCUT2D eigenvalue weighted by Gasteiger charge is 2.26. The molecule has 4 aromatic heterocycles. The molecule has 2 amide bonds. The van der Waals surface area contributed by atoms with Crippen LogP contribution in [0.25, 0.3) is 5.65 Å². The average Bonchev–Trinajstić information content (AvgIpc) is 3.43. The van der Waals surface area contributed by atoms with Gasteiger partial charge in [-0.3, -0.25) is 14.6 Å². The topological polar surface area (TPSA) is 79.6 Å². The van der Waals surface area contributed by atoms with Gasteiger partial charge in [0.25, 0.3) is 11.8 Å². The third kappa shape index (κ3) is 3.67. The van der Waals surface area contributed by atoms with Crippen LogP contribution in [0.5, 0.6) is 0 Å². The molecule has 5 rings (SSSR count). The second kappa shape index (κ2) is 8.20. The molecular weight excluding hydrogens is 422 g/mol. The highest BCUT2D eigenvalue weighted by atomic mass is 32.1. The largest absolute Gasteiger partial charge is 0.347 e. The van der Waals surface area contributed by atoms with Gasteiger partial charge in [0.05, 0.1) is 4.88 Å². The van der Waals surface area contributed by atoms with Crippen LogP contribution in [0, 0.1) is 13.8 Å². The molecule has 1 N–H and O–H groups in total. The summed E-state index contributed by atoms with van der Waals surface area (Å²) < 4.78 is 1.85. The number of thiophene rings is 1. The maximum Gasteiger partial charge on any atom is 0.274 e. The summed E-state index contributed by atoms with van der Waals surface area (Å²) in [5.41, 5.74) is 6.34. The van der Waals surface area contributed by atoms with Gasteiger partial charge in [0.2, 0.25) is 0 Å². The van der Waals surface area contributed by atoms with Crippen LogP contribution >= 0.6 is 11.3 Å². The molecule has 7 nitrogen and oxygen atoms in total. The monoisotopic (exact) mass is 445 g/mol. The second-order valence-electron chi connectivity index (χ2n) is 8.01. The molecule has 1 aliphatic rings. The van der Waals surface area contributed by atoms with Crippen molar-refractivity contribution < 1.29 is 9.59 Å². The Kier molecular flexibility index (Phi) is 5.22. The number of aromatic nitrogens is 3. The molecule has 0 saturated heterocycles. The fraction of sp³-hybridized carbons (Fsp3) is 0.250. The molecule has 0 saturated carbocycles. The van der Waals surface area contributed by atoms with Crippen molar-refractivity contribution in [2.24, 2.45) is 0 Å². The van der Waals surface area contributed by atoms with Crippen molar-refractivity contribution in [2.45, 2.75) is 33.4 Å². The SMILES string of the molecule is Cc1ccsc1C(=O)NCc1c(C)ncc2c1CCN(C(=O)c1cn3ccccc3n1)C2. The van der Waals surface area contributed by atoms with Crippen LogP contribution in [0.4, 0.5) is 0 Å². The summed E-state index contributed by atoms with van der Waals surface area (Å²) in [7, 11) is 0. The van der Waals surface area contributed by atoms with Crippen molar-refractivity contribution >= 4 is 28.8 Å². The first-order valence-corrected chi connectivity index (χ1v) is 11.4. The average molecular weight is 446 g/mol. The number of rotatable bonds is 4. The van der Waals surface area contributed by atoms with Crippen molar-refractivity contribution in [3.63, 3.8) is 0 Å². The quantitative estimate of drug-likeness (QED) is 0.521. The van der Waals surface area contributed by atoms with Gasteiger partial charge in [-0.1, -0.05) is 6.07 Å². The zero-order chi connectivity index (χ0) is 22.2. The van der Waals surface area contributed by atoms with Crippen LogP contribution in [-0.2, 0) is 19.5 Å². The number of nitrogens with zero attached hydrogens (tertiary/aromatic N) is 4. The lowest BCUT2D eigenvalue weighted by Gasteiger charge is -2.30. The molecule has 0 bridgehead atoms. The number of aryl methyl sites for hydroxylation is 2. The molecule has 32 heavy (non-hydrogen) atoms. The Labute approximate surface area is 189 Å². The number of carbonyl (C=O) groups is 2. The van der Waals surface area contributed by atoms with Crippen LogP contribution in [0.3, 0.4) is 0 Å². The van der Waals surface area contributed by atoms with Gasteiger partial charge in [-0.2, -0.15) is 0 Å². The Morgan fingerprint density at radius 1 is 1.22 bits per heavy atom. The summed E-state index contributed by atoms with van der Waals surface area (Å²) in [6, 6.07) is 7.65. The van der Waals surface area contributed by atoms with Gasteiger partial charge in [0.15, 0.2) is 0 Å². The van der Waals surface area contributed by atoms with E-state index in [9.17, 15) is 9.59 Å². The summed E-state index contributed by atoms with van der Waals surface area (Å²) in [4.78, 5) is 37.2. The minimum atomic E-state index is -0.0806. The van der Waals surface area contributed by atoms with Crippen LogP contribution < -0.4 is 5.32 Å². The summed E-state index contributed by atoms with van der Waals surface area (Å²) in [6.45, 7) is 5.43. The maximum atomic E-state index is 13.1. The summed E-state index contributed by atoms with van der Waals surface area (Å²) >= 11 is 1.45. The first kappa shape index (κ1) is 20.4. The summed E-state index contributed by atoms with van der Waals surface area (Å²) in [5.74, 6) is -0.142. The van der Waals surface area contributed by atoms with Gasteiger partial charge in [0.1, 0.15) is 11.3 Å². The van der Waals surface area contributed by atoms with E-state index in [1.165, 1.54) is 16.9 Å². The summed E-state index contributed by atoms with van der Waals surface area (Å²) in [5, 5.41) is 4.97. The number of imidazole rings is 1. The molecule has 1 aliphatic heterocycles. The lowest BCUT2D eigenvalue weighted by atomic mass is 9.94. The van der Waals surface area contributed by atoms with E-state index in [-0.39, 0.29) is 11.8 Å². The molecule has 0 aliphatic carbocycles. The fourth-order valence-electron chi connectivity index (χ4n) is 4.18. The van der Waals surface area contributed by atoms with Crippen LogP contribution in [-0.4, -0.2) is 37.6 Å². The molecule has 4 aromatic rings. The first-order valence-electron chi connectivity index (χ1n) is 10.5. The Morgan fingerprint density at radius 2 is 2.09 bits per heavy atom. The predicted octanol–water partition coefficient (Wildman–Crippen LogP) is 3.54. The fourth-order valence-corrected chi connectivity index (χ4v) is 5.03. The van der Waals surface area contributed by atoms with E-state index in [0.29, 0.717) is 25.3 Å². The van der Waals surface area contributed by atoms with E-state index < -0.39 is 0 Å². The van der Waals surface area contributed by atoms with Gasteiger partial charge in [-0.25, -0.2) is 4.98 Å². The first-order chi connectivity index (χ1) is 15.5. The third-order valence-corrected chi connectivity index (χ3v) is 6.98. The minimum Gasteiger partial charge on any atom is -0.347 e. The maximum absolute atomic E-state index is 13.1. The molecule has 0 radical (unpaired) electrons. The van der Waals surface area contributed by atoms with Gasteiger partial charge >= 0.3 is 0 Å². The number of hydrogen-bond acceptors (Lipinski definition) is 5. The van der Waals surface area contributed by atoms with Crippen LogP contribution in [0.2, 0.25) is 0 Å². The standard InChI is InChI=1S/C24H23N5O2S/c1-15-7-10-32-22(15)23(30)26-12-19-16(2)25-11-17-13-29(9-6-18(17)19)24(31)20-14-28-8-4-3-5-21(28)27-20/h3-5,7-8,10-11,14H,6,9,12-13H2,1-2H3,(H,26,30). The van der Waals surface area contributed by atoms with Crippen LogP contribution in [0.15, 0.2) is 48.2 Å². The molecular formula is C24H23N5O2S. The Hall–Kier alpha value is -3.52. The number of fused-ring (bicyclic) bond motifs is 2. The number of pyridine rings is 2. The normalized spacial score (nSPS) is 13.2. The van der Waals surface area contributed by atoms with Crippen molar-refractivity contribution in [1.29, 1.82) is 0 Å². The molecule has 0 atom stereocenters. The van der Waals surface area contributed by atoms with Crippen molar-refractivity contribution in [2.75, 3.05) is 6.54 Å². The summed E-state index contributed by atoms with van der Waals surface area (Å²) in [6.07, 6.45) is 6.23. The lowest BCUT2D eigenvalue weighted by molar-refractivity contribution is 0.0729. The molecule has 0 aromatic carbocycles. The van der Waals surface area contributed by atoms with E-state index in [2.05, 4.69) is 15.3 Å². The Morgan fingerprint density at radius 3 is 2.88 bits per heavy atom. The smallest absolute Gasteiger partial charge is 0.274 e. The number of carbonyl (C=O) groups excluding carboxylic acids is 2. The predicted molar refractivity (Wildman–Crippen MR) is 123 cm³/mol. The number of hydrogen-bond donors (Lipinski definition) is 1. The number of nitrogens with one attached hydrogen (secondary N) is 1. The van der Waals surface area contributed by atoms with E-state index >= 15 is 0 Å². The molecule has 0 spiro atoms. The van der Waals surface area contributed by atoms with E-state index in [1.807, 2.05) is 65.2 Å². The molecule has 5 heterocycles. The van der Waals surface area contributed by atoms with Crippen molar-refractivity contribution in [3.05, 3.63) is 86.8 Å².